The summed E-state index contributed by atoms with van der Waals surface area (Å²) >= 11 is 1.75. The van der Waals surface area contributed by atoms with Crippen LogP contribution >= 0.6 is 11.3 Å². The molecule has 1 aromatic heterocycles. The molecule has 0 N–H and O–H groups in total. The highest BCUT2D eigenvalue weighted by molar-refractivity contribution is 7.21. The first kappa shape index (κ1) is 15.4. The average Bonchev–Trinajstić information content (AvgIpc) is 2.94. The Morgan fingerprint density at radius 3 is 2.29 bits per heavy atom. The van der Waals surface area contributed by atoms with Crippen molar-refractivity contribution in [2.45, 2.75) is 58.7 Å². The molecule has 0 aliphatic carbocycles. The van der Waals surface area contributed by atoms with E-state index >= 15 is 0 Å². The minimum Gasteiger partial charge on any atom is -0.399 e. The van der Waals surface area contributed by atoms with Crippen molar-refractivity contribution >= 4 is 28.9 Å². The molecule has 0 radical (unpaired) electrons. The summed E-state index contributed by atoms with van der Waals surface area (Å²) in [5.74, 6) is 0.863. The minimum atomic E-state index is -0.262. The van der Waals surface area contributed by atoms with E-state index in [1.807, 2.05) is 0 Å². The molecule has 0 unspecified atom stereocenters. The van der Waals surface area contributed by atoms with Crippen LogP contribution in [0.3, 0.4) is 0 Å². The van der Waals surface area contributed by atoms with E-state index in [-0.39, 0.29) is 18.3 Å². The molecule has 5 heteroatoms. The zero-order valence-electron chi connectivity index (χ0n) is 13.8. The first-order chi connectivity index (χ1) is 9.78. The van der Waals surface area contributed by atoms with E-state index in [2.05, 4.69) is 51.0 Å². The van der Waals surface area contributed by atoms with Gasteiger partial charge in [0, 0.05) is 28.9 Å². The summed E-state index contributed by atoms with van der Waals surface area (Å²) in [6.45, 7) is 13.1. The molecule has 3 rings (SSSR count). The monoisotopic (exact) mass is 307 g/mol. The fraction of sp³-hybridized carbons (Fsp3) is 0.750. The molecule has 0 bridgehead atoms. The lowest BCUT2D eigenvalue weighted by molar-refractivity contribution is 0.00578. The summed E-state index contributed by atoms with van der Waals surface area (Å²) in [5, 5.41) is 2.25. The van der Waals surface area contributed by atoms with E-state index in [0.717, 1.165) is 5.92 Å². The zero-order chi connectivity index (χ0) is 15.3. The Morgan fingerprint density at radius 1 is 1.14 bits per heavy atom. The minimum absolute atomic E-state index is 0.225. The second kappa shape index (κ2) is 5.29. The lowest BCUT2D eigenvalue weighted by Crippen LogP contribution is -2.41. The zero-order valence-corrected chi connectivity index (χ0v) is 14.6. The first-order valence-corrected chi connectivity index (χ1v) is 8.85. The average molecular weight is 307 g/mol. The first-order valence-electron chi connectivity index (χ1n) is 7.97. The number of rotatable bonds is 2. The van der Waals surface area contributed by atoms with Gasteiger partial charge in [-0.25, -0.2) is 0 Å². The van der Waals surface area contributed by atoms with Crippen molar-refractivity contribution < 1.29 is 9.31 Å². The number of thiophene rings is 1. The fourth-order valence-corrected chi connectivity index (χ4v) is 3.73. The van der Waals surface area contributed by atoms with Gasteiger partial charge >= 0.3 is 7.12 Å². The van der Waals surface area contributed by atoms with Crippen LogP contribution in [0.2, 0.25) is 0 Å². The van der Waals surface area contributed by atoms with Gasteiger partial charge in [-0.2, -0.15) is 11.3 Å². The SMILES string of the molecule is CC1CCN(c2csc(B3OC(C)(C)C(C)(C)O3)c2)CC1. The molecule has 0 amide bonds. The van der Waals surface area contributed by atoms with Gasteiger partial charge in [0.1, 0.15) is 0 Å². The van der Waals surface area contributed by atoms with Crippen LogP contribution in [0.5, 0.6) is 0 Å². The van der Waals surface area contributed by atoms with E-state index in [1.165, 1.54) is 36.4 Å². The predicted molar refractivity (Wildman–Crippen MR) is 90.6 cm³/mol. The molecule has 0 atom stereocenters. The lowest BCUT2D eigenvalue weighted by atomic mass is 9.87. The summed E-state index contributed by atoms with van der Waals surface area (Å²) in [6.07, 6.45) is 2.59. The van der Waals surface area contributed by atoms with Crippen molar-refractivity contribution in [3.05, 3.63) is 11.4 Å². The van der Waals surface area contributed by atoms with Gasteiger partial charge in [-0.05, 0) is 52.5 Å². The molecule has 2 aliphatic rings. The standard InChI is InChI=1S/C16H26BNO2S/c1-12-6-8-18(9-7-12)13-10-14(21-11-13)17-19-15(2,3)16(4,5)20-17/h10-12H,6-9H2,1-5H3. The molecule has 2 fully saturated rings. The van der Waals surface area contributed by atoms with E-state index < -0.39 is 0 Å². The predicted octanol–water partition coefficient (Wildman–Crippen LogP) is 3.28. The highest BCUT2D eigenvalue weighted by Gasteiger charge is 2.52. The summed E-state index contributed by atoms with van der Waals surface area (Å²) < 4.78 is 13.5. The lowest BCUT2D eigenvalue weighted by Gasteiger charge is -2.32. The van der Waals surface area contributed by atoms with Crippen LogP contribution in [0.15, 0.2) is 11.4 Å². The molecule has 0 saturated carbocycles. The van der Waals surface area contributed by atoms with Gasteiger partial charge in [0.2, 0.25) is 0 Å². The highest BCUT2D eigenvalue weighted by Crippen LogP contribution is 2.37. The Morgan fingerprint density at radius 2 is 1.71 bits per heavy atom. The fourth-order valence-electron chi connectivity index (χ4n) is 2.86. The largest absolute Gasteiger partial charge is 0.505 e. The van der Waals surface area contributed by atoms with Crippen LogP contribution in [0.1, 0.15) is 47.5 Å². The van der Waals surface area contributed by atoms with Crippen molar-refractivity contribution in [1.82, 2.24) is 0 Å². The Hall–Kier alpha value is -0.515. The number of piperidine rings is 1. The summed E-state index contributed by atoms with van der Waals surface area (Å²) in [5.41, 5.74) is 0.807. The van der Waals surface area contributed by atoms with Crippen molar-refractivity contribution in [3.8, 4) is 0 Å². The van der Waals surface area contributed by atoms with Crippen LogP contribution in [0, 0.1) is 5.92 Å². The second-order valence-electron chi connectivity index (χ2n) is 7.47. The van der Waals surface area contributed by atoms with Gasteiger partial charge in [-0.15, -0.1) is 0 Å². The van der Waals surface area contributed by atoms with Gasteiger partial charge in [-0.3, -0.25) is 0 Å². The Labute approximate surface area is 132 Å². The molecular formula is C16H26BNO2S. The molecule has 2 aliphatic heterocycles. The van der Waals surface area contributed by atoms with Crippen molar-refractivity contribution in [2.75, 3.05) is 18.0 Å². The summed E-state index contributed by atoms with van der Waals surface area (Å²) in [7, 11) is -0.225. The molecule has 0 spiro atoms. The third-order valence-corrected chi connectivity index (χ3v) is 6.18. The van der Waals surface area contributed by atoms with Gasteiger partial charge in [0.25, 0.3) is 0 Å². The van der Waals surface area contributed by atoms with Gasteiger partial charge in [0.15, 0.2) is 0 Å². The van der Waals surface area contributed by atoms with Crippen LogP contribution in [0.25, 0.3) is 0 Å². The molecule has 2 saturated heterocycles. The van der Waals surface area contributed by atoms with Crippen molar-refractivity contribution in [1.29, 1.82) is 0 Å². The molecule has 116 valence electrons. The topological polar surface area (TPSA) is 21.7 Å². The Bertz CT molecular complexity index is 490. The smallest absolute Gasteiger partial charge is 0.399 e. The second-order valence-corrected chi connectivity index (χ2v) is 8.41. The molecule has 3 heterocycles. The quantitative estimate of drug-likeness (QED) is 0.783. The number of hydrogen-bond acceptors (Lipinski definition) is 4. The Balaban J connectivity index is 1.71. The molecule has 0 aromatic carbocycles. The number of anilines is 1. The molecule has 21 heavy (non-hydrogen) atoms. The third kappa shape index (κ3) is 2.88. The van der Waals surface area contributed by atoms with E-state index in [9.17, 15) is 0 Å². The van der Waals surface area contributed by atoms with Gasteiger partial charge in [0.05, 0.1) is 11.2 Å². The van der Waals surface area contributed by atoms with E-state index in [4.69, 9.17) is 9.31 Å². The summed E-state index contributed by atoms with van der Waals surface area (Å²) in [4.78, 5) is 2.49. The highest BCUT2D eigenvalue weighted by atomic mass is 32.1. The number of nitrogens with zero attached hydrogens (tertiary/aromatic N) is 1. The van der Waals surface area contributed by atoms with E-state index in [1.54, 1.807) is 11.3 Å². The third-order valence-electron chi connectivity index (χ3n) is 5.24. The molecule has 3 nitrogen and oxygen atoms in total. The maximum Gasteiger partial charge on any atom is 0.505 e. The summed E-state index contributed by atoms with van der Waals surface area (Å²) in [6, 6.07) is 2.25. The molecular weight excluding hydrogens is 281 g/mol. The van der Waals surface area contributed by atoms with Gasteiger partial charge < -0.3 is 14.2 Å². The van der Waals surface area contributed by atoms with E-state index in [0.29, 0.717) is 0 Å². The number of hydrogen-bond donors (Lipinski definition) is 0. The van der Waals surface area contributed by atoms with Crippen molar-refractivity contribution in [3.63, 3.8) is 0 Å². The maximum atomic E-state index is 6.14. The van der Waals surface area contributed by atoms with Crippen molar-refractivity contribution in [2.24, 2.45) is 5.92 Å². The maximum absolute atomic E-state index is 6.14. The Kier molecular flexibility index (Phi) is 3.87. The van der Waals surface area contributed by atoms with Crippen LogP contribution in [-0.4, -0.2) is 31.4 Å². The van der Waals surface area contributed by atoms with Crippen LogP contribution < -0.4 is 9.68 Å². The van der Waals surface area contributed by atoms with Crippen LogP contribution in [-0.2, 0) is 9.31 Å². The normalized spacial score (nSPS) is 25.6. The van der Waals surface area contributed by atoms with Gasteiger partial charge in [-0.1, -0.05) is 6.92 Å². The van der Waals surface area contributed by atoms with Crippen LogP contribution in [0.4, 0.5) is 5.69 Å². The molecule has 1 aromatic rings.